The predicted molar refractivity (Wildman–Crippen MR) is 68.8 cm³/mol. The molecule has 3 rings (SSSR count). The van der Waals surface area contributed by atoms with E-state index in [-0.39, 0.29) is 0 Å². The fourth-order valence-corrected chi connectivity index (χ4v) is 2.44. The molecule has 18 heavy (non-hydrogen) atoms. The van der Waals surface area contributed by atoms with Crippen molar-refractivity contribution in [3.05, 3.63) is 30.4 Å². The van der Waals surface area contributed by atoms with Crippen molar-refractivity contribution in [3.8, 4) is 11.4 Å². The molecule has 0 radical (unpaired) electrons. The van der Waals surface area contributed by atoms with E-state index in [2.05, 4.69) is 38.9 Å². The van der Waals surface area contributed by atoms with E-state index in [4.69, 9.17) is 0 Å². The van der Waals surface area contributed by atoms with Crippen molar-refractivity contribution in [1.29, 1.82) is 0 Å². The first-order chi connectivity index (χ1) is 8.77. The van der Waals surface area contributed by atoms with E-state index >= 15 is 0 Å². The van der Waals surface area contributed by atoms with Crippen LogP contribution in [-0.4, -0.2) is 26.3 Å². The molecule has 94 valence electrons. The van der Waals surface area contributed by atoms with Crippen LogP contribution >= 0.6 is 0 Å². The van der Waals surface area contributed by atoms with Crippen LogP contribution < -0.4 is 5.32 Å². The van der Waals surface area contributed by atoms with Gasteiger partial charge in [-0.2, -0.15) is 0 Å². The van der Waals surface area contributed by atoms with Gasteiger partial charge in [0.1, 0.15) is 0 Å². The summed E-state index contributed by atoms with van der Waals surface area (Å²) in [5.41, 5.74) is 1.08. The smallest absolute Gasteiger partial charge is 0.164 e. The summed E-state index contributed by atoms with van der Waals surface area (Å²) >= 11 is 0. The molecule has 0 aliphatic carbocycles. The minimum Gasteiger partial charge on any atom is -0.308 e. The average Bonchev–Trinajstić information content (AvgIpc) is 2.83. The summed E-state index contributed by atoms with van der Waals surface area (Å²) in [6, 6.07) is 4.25. The van der Waals surface area contributed by atoms with Gasteiger partial charge in [-0.15, -0.1) is 10.2 Å². The molecule has 0 amide bonds. The van der Waals surface area contributed by atoms with Gasteiger partial charge in [-0.05, 0) is 18.1 Å². The van der Waals surface area contributed by atoms with Crippen molar-refractivity contribution in [2.24, 2.45) is 5.92 Å². The van der Waals surface area contributed by atoms with E-state index in [1.54, 1.807) is 12.4 Å². The summed E-state index contributed by atoms with van der Waals surface area (Å²) in [6.07, 6.45) is 3.58. The standard InChI is InChI=1S/C13H17N5/c1-9(2)11-13-17-16-12(18(13)8-7-15-11)10-3-5-14-6-4-10/h3-6,9,11,15H,7-8H2,1-2H3. The summed E-state index contributed by atoms with van der Waals surface area (Å²) < 4.78 is 2.22. The molecule has 0 spiro atoms. The Hall–Kier alpha value is -1.75. The Kier molecular flexibility index (Phi) is 2.83. The lowest BCUT2D eigenvalue weighted by molar-refractivity contribution is 0.339. The van der Waals surface area contributed by atoms with Gasteiger partial charge >= 0.3 is 0 Å². The van der Waals surface area contributed by atoms with E-state index in [1.807, 2.05) is 12.1 Å². The van der Waals surface area contributed by atoms with E-state index in [0.717, 1.165) is 30.3 Å². The second-order valence-corrected chi connectivity index (χ2v) is 4.95. The Labute approximate surface area is 106 Å². The second kappa shape index (κ2) is 4.49. The highest BCUT2D eigenvalue weighted by Crippen LogP contribution is 2.27. The summed E-state index contributed by atoms with van der Waals surface area (Å²) in [4.78, 5) is 4.04. The molecule has 1 N–H and O–H groups in total. The van der Waals surface area contributed by atoms with Crippen molar-refractivity contribution in [1.82, 2.24) is 25.1 Å². The van der Waals surface area contributed by atoms with Crippen LogP contribution in [0.15, 0.2) is 24.5 Å². The first kappa shape index (κ1) is 11.3. The number of nitrogens with one attached hydrogen (secondary N) is 1. The molecular formula is C13H17N5. The Morgan fingerprint density at radius 3 is 2.78 bits per heavy atom. The minimum atomic E-state index is 0.293. The third-order valence-corrected chi connectivity index (χ3v) is 3.36. The molecule has 5 nitrogen and oxygen atoms in total. The molecule has 1 aliphatic rings. The summed E-state index contributed by atoms with van der Waals surface area (Å²) in [5.74, 6) is 2.50. The topological polar surface area (TPSA) is 55.6 Å². The fourth-order valence-electron chi connectivity index (χ4n) is 2.44. The zero-order chi connectivity index (χ0) is 12.5. The highest BCUT2D eigenvalue weighted by molar-refractivity contribution is 5.54. The molecule has 0 saturated heterocycles. The van der Waals surface area contributed by atoms with Gasteiger partial charge in [-0.1, -0.05) is 13.8 Å². The molecular weight excluding hydrogens is 226 g/mol. The van der Waals surface area contributed by atoms with Gasteiger partial charge in [0.15, 0.2) is 11.6 Å². The highest BCUT2D eigenvalue weighted by atomic mass is 15.3. The third-order valence-electron chi connectivity index (χ3n) is 3.36. The normalized spacial score (nSPS) is 18.9. The van der Waals surface area contributed by atoms with Gasteiger partial charge in [0.2, 0.25) is 0 Å². The molecule has 0 aromatic carbocycles. The van der Waals surface area contributed by atoms with E-state index in [9.17, 15) is 0 Å². The molecule has 5 heteroatoms. The molecule has 0 saturated carbocycles. The first-order valence-corrected chi connectivity index (χ1v) is 6.34. The summed E-state index contributed by atoms with van der Waals surface area (Å²) in [5, 5.41) is 12.2. The van der Waals surface area contributed by atoms with E-state index in [0.29, 0.717) is 12.0 Å². The largest absolute Gasteiger partial charge is 0.308 e. The average molecular weight is 243 g/mol. The number of pyridine rings is 1. The molecule has 0 fully saturated rings. The summed E-state index contributed by atoms with van der Waals surface area (Å²) in [7, 11) is 0. The van der Waals surface area contributed by atoms with Crippen LogP contribution in [0.3, 0.4) is 0 Å². The zero-order valence-electron chi connectivity index (χ0n) is 10.7. The van der Waals surface area contributed by atoms with Gasteiger partial charge in [-0.25, -0.2) is 0 Å². The molecule has 2 aromatic rings. The molecule has 2 aromatic heterocycles. The Bertz CT molecular complexity index is 532. The molecule has 1 aliphatic heterocycles. The number of nitrogens with zero attached hydrogens (tertiary/aromatic N) is 4. The van der Waals surface area contributed by atoms with Gasteiger partial charge in [0.25, 0.3) is 0 Å². The Balaban J connectivity index is 2.05. The van der Waals surface area contributed by atoms with Crippen LogP contribution in [0.2, 0.25) is 0 Å². The molecule has 0 bridgehead atoms. The fraction of sp³-hybridized carbons (Fsp3) is 0.462. The minimum absolute atomic E-state index is 0.293. The van der Waals surface area contributed by atoms with Crippen LogP contribution in [0.25, 0.3) is 11.4 Å². The van der Waals surface area contributed by atoms with Crippen LogP contribution in [0.1, 0.15) is 25.7 Å². The van der Waals surface area contributed by atoms with Crippen molar-refractivity contribution >= 4 is 0 Å². The predicted octanol–water partition coefficient (Wildman–Crippen LogP) is 1.64. The SMILES string of the molecule is CC(C)C1NCCn2c(-c3ccncc3)nnc21. The van der Waals surface area contributed by atoms with E-state index in [1.165, 1.54) is 0 Å². The molecule has 3 heterocycles. The number of rotatable bonds is 2. The number of aromatic nitrogens is 4. The number of hydrogen-bond donors (Lipinski definition) is 1. The highest BCUT2D eigenvalue weighted by Gasteiger charge is 2.27. The molecule has 1 atom stereocenters. The second-order valence-electron chi connectivity index (χ2n) is 4.95. The Morgan fingerprint density at radius 2 is 2.06 bits per heavy atom. The Morgan fingerprint density at radius 1 is 1.28 bits per heavy atom. The quantitative estimate of drug-likeness (QED) is 0.871. The zero-order valence-corrected chi connectivity index (χ0v) is 10.7. The van der Waals surface area contributed by atoms with Crippen molar-refractivity contribution in [2.45, 2.75) is 26.4 Å². The maximum absolute atomic E-state index is 4.37. The number of fused-ring (bicyclic) bond motifs is 1. The lowest BCUT2D eigenvalue weighted by Crippen LogP contribution is -2.36. The van der Waals surface area contributed by atoms with Crippen molar-refractivity contribution in [3.63, 3.8) is 0 Å². The van der Waals surface area contributed by atoms with Gasteiger partial charge in [-0.3, -0.25) is 4.98 Å². The van der Waals surface area contributed by atoms with Gasteiger partial charge in [0.05, 0.1) is 6.04 Å². The van der Waals surface area contributed by atoms with Crippen LogP contribution in [0.5, 0.6) is 0 Å². The van der Waals surface area contributed by atoms with Crippen LogP contribution in [0.4, 0.5) is 0 Å². The van der Waals surface area contributed by atoms with E-state index < -0.39 is 0 Å². The summed E-state index contributed by atoms with van der Waals surface area (Å²) in [6.45, 7) is 6.29. The maximum Gasteiger partial charge on any atom is 0.164 e. The van der Waals surface area contributed by atoms with Crippen LogP contribution in [-0.2, 0) is 6.54 Å². The van der Waals surface area contributed by atoms with Gasteiger partial charge < -0.3 is 9.88 Å². The van der Waals surface area contributed by atoms with Crippen molar-refractivity contribution < 1.29 is 0 Å². The lowest BCUT2D eigenvalue weighted by Gasteiger charge is -2.27. The van der Waals surface area contributed by atoms with Crippen LogP contribution in [0, 0.1) is 5.92 Å². The first-order valence-electron chi connectivity index (χ1n) is 6.34. The maximum atomic E-state index is 4.37. The van der Waals surface area contributed by atoms with Crippen molar-refractivity contribution in [2.75, 3.05) is 6.54 Å². The van der Waals surface area contributed by atoms with Gasteiger partial charge in [0, 0.05) is 31.0 Å². The number of hydrogen-bond acceptors (Lipinski definition) is 4. The molecule has 1 unspecified atom stereocenters. The third kappa shape index (κ3) is 1.80. The monoisotopic (exact) mass is 243 g/mol. The lowest BCUT2D eigenvalue weighted by atomic mass is 10.0.